The van der Waals surface area contributed by atoms with Gasteiger partial charge >= 0.3 is 0 Å². The fraction of sp³-hybridized carbons (Fsp3) is 0.105. The van der Waals surface area contributed by atoms with Gasteiger partial charge in [0.1, 0.15) is 5.82 Å². The van der Waals surface area contributed by atoms with Crippen LogP contribution in [-0.4, -0.2) is 20.6 Å². The summed E-state index contributed by atoms with van der Waals surface area (Å²) in [6, 6.07) is 13.2. The smallest absolute Gasteiger partial charge is 0.264 e. The molecule has 0 atom stereocenters. The summed E-state index contributed by atoms with van der Waals surface area (Å²) < 4.78 is 2.03. The Morgan fingerprint density at radius 1 is 1.27 bits per heavy atom. The minimum atomic E-state index is -0.165. The average molecular weight is 383 g/mol. The van der Waals surface area contributed by atoms with E-state index in [1.807, 2.05) is 61.0 Å². The van der Waals surface area contributed by atoms with Crippen LogP contribution < -0.4 is 5.32 Å². The molecule has 4 rings (SSSR count). The summed E-state index contributed by atoms with van der Waals surface area (Å²) in [6.07, 6.45) is 1.86. The van der Waals surface area contributed by atoms with Crippen LogP contribution in [0.25, 0.3) is 17.1 Å². The van der Waals surface area contributed by atoms with E-state index in [4.69, 9.17) is 11.6 Å². The number of aromatic nitrogens is 2. The van der Waals surface area contributed by atoms with E-state index < -0.39 is 0 Å². The second-order valence-electron chi connectivity index (χ2n) is 5.90. The van der Waals surface area contributed by atoms with Crippen molar-refractivity contribution in [2.75, 3.05) is 0 Å². The van der Waals surface area contributed by atoms with Gasteiger partial charge in [-0.15, -0.1) is 0 Å². The molecule has 130 valence electrons. The summed E-state index contributed by atoms with van der Waals surface area (Å²) in [7, 11) is 1.98. The Bertz CT molecular complexity index is 1100. The number of carbonyl (C=O) groups is 1. The molecule has 0 saturated carbocycles. The quantitative estimate of drug-likeness (QED) is 0.667. The van der Waals surface area contributed by atoms with E-state index in [1.165, 1.54) is 11.8 Å². The lowest BCUT2D eigenvalue weighted by molar-refractivity contribution is -0.115. The molecule has 1 aliphatic heterocycles. The molecular weight excluding hydrogens is 368 g/mol. The van der Waals surface area contributed by atoms with Crippen LogP contribution in [0, 0.1) is 6.92 Å². The van der Waals surface area contributed by atoms with Crippen LogP contribution in [0.2, 0.25) is 5.02 Å². The van der Waals surface area contributed by atoms with Gasteiger partial charge in [0, 0.05) is 7.05 Å². The highest BCUT2D eigenvalue weighted by atomic mass is 35.5. The fourth-order valence-electron chi connectivity index (χ4n) is 2.70. The minimum Gasteiger partial charge on any atom is -0.331 e. The van der Waals surface area contributed by atoms with Crippen molar-refractivity contribution in [3.8, 4) is 0 Å². The lowest BCUT2D eigenvalue weighted by atomic mass is 10.2. The van der Waals surface area contributed by atoms with Gasteiger partial charge in [-0.2, -0.15) is 0 Å². The van der Waals surface area contributed by atoms with Crippen molar-refractivity contribution in [1.82, 2.24) is 14.9 Å². The van der Waals surface area contributed by atoms with E-state index in [-0.39, 0.29) is 5.91 Å². The van der Waals surface area contributed by atoms with Crippen molar-refractivity contribution in [2.24, 2.45) is 12.0 Å². The van der Waals surface area contributed by atoms with E-state index in [9.17, 15) is 4.79 Å². The van der Waals surface area contributed by atoms with Gasteiger partial charge in [0.05, 0.1) is 26.6 Å². The number of amides is 1. The van der Waals surface area contributed by atoms with Crippen molar-refractivity contribution in [2.45, 2.75) is 6.92 Å². The highest BCUT2D eigenvalue weighted by molar-refractivity contribution is 8.18. The molecule has 26 heavy (non-hydrogen) atoms. The largest absolute Gasteiger partial charge is 0.331 e. The lowest BCUT2D eigenvalue weighted by Crippen LogP contribution is -2.19. The van der Waals surface area contributed by atoms with E-state index in [0.29, 0.717) is 20.8 Å². The molecule has 1 saturated heterocycles. The Balaban J connectivity index is 1.65. The third-order valence-electron chi connectivity index (χ3n) is 4.15. The number of nitrogens with zero attached hydrogens (tertiary/aromatic N) is 3. The van der Waals surface area contributed by atoms with Crippen LogP contribution in [0.3, 0.4) is 0 Å². The molecule has 0 spiro atoms. The molecule has 0 radical (unpaired) electrons. The fourth-order valence-corrected chi connectivity index (χ4v) is 3.71. The van der Waals surface area contributed by atoms with Crippen molar-refractivity contribution in [3.63, 3.8) is 0 Å². The number of thioether (sulfide) groups is 1. The molecular formula is C19H15ClN4OS. The maximum Gasteiger partial charge on any atom is 0.264 e. The van der Waals surface area contributed by atoms with Crippen molar-refractivity contribution in [1.29, 1.82) is 0 Å². The van der Waals surface area contributed by atoms with Crippen LogP contribution in [0.15, 0.2) is 52.4 Å². The Morgan fingerprint density at radius 2 is 2.08 bits per heavy atom. The zero-order valence-electron chi connectivity index (χ0n) is 14.2. The van der Waals surface area contributed by atoms with Crippen molar-refractivity contribution >= 4 is 57.2 Å². The van der Waals surface area contributed by atoms with Gasteiger partial charge in [0.15, 0.2) is 5.17 Å². The SMILES string of the molecule is Cc1nc2ccc(/C=C3/SC(=Nc4ccccc4Cl)NC3=O)cc2n1C. The van der Waals surface area contributed by atoms with Gasteiger partial charge in [-0.25, -0.2) is 9.98 Å². The average Bonchev–Trinajstić information content (AvgIpc) is 3.10. The number of halogens is 1. The Labute approximate surface area is 159 Å². The molecule has 0 unspecified atom stereocenters. The van der Waals surface area contributed by atoms with E-state index in [0.717, 1.165) is 22.4 Å². The third-order valence-corrected chi connectivity index (χ3v) is 5.38. The molecule has 5 nitrogen and oxygen atoms in total. The minimum absolute atomic E-state index is 0.165. The van der Waals surface area contributed by atoms with Crippen molar-refractivity contribution < 1.29 is 4.79 Å². The predicted octanol–water partition coefficient (Wildman–Crippen LogP) is 4.43. The van der Waals surface area contributed by atoms with E-state index in [1.54, 1.807) is 6.07 Å². The second-order valence-corrected chi connectivity index (χ2v) is 7.34. The topological polar surface area (TPSA) is 59.3 Å². The summed E-state index contributed by atoms with van der Waals surface area (Å²) >= 11 is 7.43. The second kappa shape index (κ2) is 6.63. The number of aryl methyl sites for hydroxylation is 2. The van der Waals surface area contributed by atoms with Gasteiger partial charge in [-0.1, -0.05) is 29.8 Å². The van der Waals surface area contributed by atoms with E-state index in [2.05, 4.69) is 15.3 Å². The van der Waals surface area contributed by atoms with Crippen LogP contribution in [0.1, 0.15) is 11.4 Å². The third kappa shape index (κ3) is 3.13. The zero-order chi connectivity index (χ0) is 18.3. The number of benzene rings is 2. The number of aliphatic imine (C=N–C) groups is 1. The first kappa shape index (κ1) is 16.9. The number of carbonyl (C=O) groups excluding carboxylic acids is 1. The monoisotopic (exact) mass is 382 g/mol. The summed E-state index contributed by atoms with van der Waals surface area (Å²) in [5, 5.41) is 3.85. The molecule has 1 aromatic heterocycles. The number of nitrogens with one attached hydrogen (secondary N) is 1. The lowest BCUT2D eigenvalue weighted by Gasteiger charge is -1.99. The van der Waals surface area contributed by atoms with Crippen LogP contribution in [0.4, 0.5) is 5.69 Å². The van der Waals surface area contributed by atoms with Crippen molar-refractivity contribution in [3.05, 3.63) is 63.8 Å². The molecule has 1 aliphatic rings. The molecule has 2 aromatic carbocycles. The maximum absolute atomic E-state index is 12.3. The Kier molecular flexibility index (Phi) is 4.30. The Hall–Kier alpha value is -2.57. The molecule has 2 heterocycles. The number of fused-ring (bicyclic) bond motifs is 1. The highest BCUT2D eigenvalue weighted by Gasteiger charge is 2.24. The number of hydrogen-bond acceptors (Lipinski definition) is 4. The normalized spacial score (nSPS) is 17.4. The standard InChI is InChI=1S/C19H15ClN4OS/c1-11-21-15-8-7-12(9-16(15)24(11)2)10-17-18(25)23-19(26-17)22-14-6-4-3-5-13(14)20/h3-10H,1-2H3,(H,22,23,25)/b17-10+. The molecule has 0 bridgehead atoms. The van der Waals surface area contributed by atoms with Crippen LogP contribution in [0.5, 0.6) is 0 Å². The van der Waals surface area contributed by atoms with Gasteiger partial charge in [-0.3, -0.25) is 4.79 Å². The zero-order valence-corrected chi connectivity index (χ0v) is 15.7. The van der Waals surface area contributed by atoms with Gasteiger partial charge < -0.3 is 9.88 Å². The van der Waals surface area contributed by atoms with Crippen LogP contribution >= 0.6 is 23.4 Å². The summed E-state index contributed by atoms with van der Waals surface area (Å²) in [5.74, 6) is 0.786. The number of imidazole rings is 1. The number of hydrogen-bond donors (Lipinski definition) is 1. The molecule has 1 amide bonds. The van der Waals surface area contributed by atoms with E-state index >= 15 is 0 Å². The molecule has 3 aromatic rings. The number of para-hydroxylation sites is 1. The summed E-state index contributed by atoms with van der Waals surface area (Å²) in [4.78, 5) is 21.8. The van der Waals surface area contributed by atoms with Gasteiger partial charge in [-0.05, 0) is 54.6 Å². The first-order chi connectivity index (χ1) is 12.5. The molecule has 7 heteroatoms. The number of rotatable bonds is 2. The first-order valence-electron chi connectivity index (χ1n) is 7.98. The molecule has 0 aliphatic carbocycles. The van der Waals surface area contributed by atoms with Crippen LogP contribution in [-0.2, 0) is 11.8 Å². The van der Waals surface area contributed by atoms with Gasteiger partial charge in [0.2, 0.25) is 0 Å². The Morgan fingerprint density at radius 3 is 2.88 bits per heavy atom. The predicted molar refractivity (Wildman–Crippen MR) is 108 cm³/mol. The molecule has 1 N–H and O–H groups in total. The van der Waals surface area contributed by atoms with Gasteiger partial charge in [0.25, 0.3) is 5.91 Å². The first-order valence-corrected chi connectivity index (χ1v) is 9.18. The summed E-state index contributed by atoms with van der Waals surface area (Å²) in [5.41, 5.74) is 3.55. The maximum atomic E-state index is 12.3. The molecule has 1 fully saturated rings. The number of amidine groups is 1. The highest BCUT2D eigenvalue weighted by Crippen LogP contribution is 2.31. The summed E-state index contributed by atoms with van der Waals surface area (Å²) in [6.45, 7) is 1.97.